The third-order valence-corrected chi connectivity index (χ3v) is 4.57. The highest BCUT2D eigenvalue weighted by Crippen LogP contribution is 2.09. The molecule has 2 rings (SSSR count). The van der Waals surface area contributed by atoms with Crippen LogP contribution in [0.4, 0.5) is 0 Å². The zero-order valence-corrected chi connectivity index (χ0v) is 10.1. The first-order valence-corrected chi connectivity index (χ1v) is 7.18. The summed E-state index contributed by atoms with van der Waals surface area (Å²) in [6, 6.07) is -0.0614. The Morgan fingerprint density at radius 1 is 1.31 bits per heavy atom. The molecule has 2 N–H and O–H groups in total. The average molecular weight is 249 g/mol. The van der Waals surface area contributed by atoms with Crippen LogP contribution in [-0.4, -0.2) is 58.2 Å². The summed E-state index contributed by atoms with van der Waals surface area (Å²) in [6.07, 6.45) is 1.79. The van der Waals surface area contributed by atoms with Crippen LogP contribution in [0.5, 0.6) is 0 Å². The molecule has 1 atom stereocenters. The van der Waals surface area contributed by atoms with Gasteiger partial charge < -0.3 is 10.1 Å². The van der Waals surface area contributed by atoms with E-state index in [0.29, 0.717) is 19.7 Å². The van der Waals surface area contributed by atoms with Crippen molar-refractivity contribution in [2.75, 3.05) is 39.4 Å². The number of piperazine rings is 1. The summed E-state index contributed by atoms with van der Waals surface area (Å²) in [6.45, 7) is 3.77. The van der Waals surface area contributed by atoms with E-state index >= 15 is 0 Å². The van der Waals surface area contributed by atoms with E-state index in [-0.39, 0.29) is 6.04 Å². The van der Waals surface area contributed by atoms with Gasteiger partial charge in [-0.25, -0.2) is 0 Å². The molecular weight excluding hydrogens is 230 g/mol. The van der Waals surface area contributed by atoms with E-state index in [9.17, 15) is 8.42 Å². The Morgan fingerprint density at radius 2 is 2.06 bits per heavy atom. The van der Waals surface area contributed by atoms with E-state index in [0.717, 1.165) is 32.5 Å². The van der Waals surface area contributed by atoms with Crippen molar-refractivity contribution in [2.24, 2.45) is 0 Å². The molecule has 0 aromatic rings. The SMILES string of the molecule is O=S(=O)(NC1CCCOC1)N1CCNCC1. The van der Waals surface area contributed by atoms with Crippen molar-refractivity contribution in [3.05, 3.63) is 0 Å². The maximum absolute atomic E-state index is 12.0. The van der Waals surface area contributed by atoms with E-state index < -0.39 is 10.2 Å². The molecule has 0 aliphatic carbocycles. The fraction of sp³-hybridized carbons (Fsp3) is 1.00. The second-order valence-corrected chi connectivity index (χ2v) is 5.89. The van der Waals surface area contributed by atoms with Gasteiger partial charge in [-0.3, -0.25) is 0 Å². The first kappa shape index (κ1) is 12.3. The maximum atomic E-state index is 12.0. The summed E-state index contributed by atoms with van der Waals surface area (Å²) < 4.78 is 33.4. The van der Waals surface area contributed by atoms with Gasteiger partial charge in [0.05, 0.1) is 6.61 Å². The Morgan fingerprint density at radius 3 is 2.69 bits per heavy atom. The standard InChI is InChI=1S/C9H19N3O3S/c13-16(14,12-5-3-10-4-6-12)11-9-2-1-7-15-8-9/h9-11H,1-8H2. The fourth-order valence-electron chi connectivity index (χ4n) is 2.00. The van der Waals surface area contributed by atoms with Crippen molar-refractivity contribution in [1.82, 2.24) is 14.3 Å². The second kappa shape index (κ2) is 5.42. The summed E-state index contributed by atoms with van der Waals surface area (Å²) in [5.74, 6) is 0. The molecule has 2 aliphatic rings. The van der Waals surface area contributed by atoms with Gasteiger partial charge >= 0.3 is 0 Å². The van der Waals surface area contributed by atoms with Crippen LogP contribution in [0.2, 0.25) is 0 Å². The topological polar surface area (TPSA) is 70.7 Å². The quantitative estimate of drug-likeness (QED) is 0.666. The van der Waals surface area contributed by atoms with Crippen LogP contribution < -0.4 is 10.0 Å². The van der Waals surface area contributed by atoms with Gasteiger partial charge in [0, 0.05) is 38.8 Å². The number of rotatable bonds is 3. The van der Waals surface area contributed by atoms with Crippen molar-refractivity contribution in [2.45, 2.75) is 18.9 Å². The van der Waals surface area contributed by atoms with Crippen LogP contribution in [0.25, 0.3) is 0 Å². The Kier molecular flexibility index (Phi) is 4.15. The molecule has 0 saturated carbocycles. The van der Waals surface area contributed by atoms with Gasteiger partial charge in [0.15, 0.2) is 0 Å². The largest absolute Gasteiger partial charge is 0.380 e. The lowest BCUT2D eigenvalue weighted by atomic mass is 10.1. The van der Waals surface area contributed by atoms with Gasteiger partial charge in [-0.15, -0.1) is 0 Å². The molecule has 2 heterocycles. The van der Waals surface area contributed by atoms with Crippen molar-refractivity contribution < 1.29 is 13.2 Å². The van der Waals surface area contributed by atoms with Crippen LogP contribution in [0.15, 0.2) is 0 Å². The van der Waals surface area contributed by atoms with E-state index in [2.05, 4.69) is 10.0 Å². The minimum Gasteiger partial charge on any atom is -0.380 e. The molecule has 0 aromatic carbocycles. The lowest BCUT2D eigenvalue weighted by Crippen LogP contribution is -2.53. The van der Waals surface area contributed by atoms with Crippen molar-refractivity contribution in [1.29, 1.82) is 0 Å². The third-order valence-electron chi connectivity index (χ3n) is 2.89. The van der Waals surface area contributed by atoms with Gasteiger partial charge in [-0.05, 0) is 12.8 Å². The van der Waals surface area contributed by atoms with Gasteiger partial charge in [0.2, 0.25) is 0 Å². The molecule has 0 bridgehead atoms. The van der Waals surface area contributed by atoms with E-state index in [1.54, 1.807) is 0 Å². The molecule has 2 fully saturated rings. The molecule has 7 heteroatoms. The first-order valence-electron chi connectivity index (χ1n) is 5.74. The fourth-order valence-corrected chi connectivity index (χ4v) is 3.42. The van der Waals surface area contributed by atoms with Crippen molar-refractivity contribution in [3.8, 4) is 0 Å². The molecule has 0 amide bonds. The zero-order chi connectivity index (χ0) is 11.4. The van der Waals surface area contributed by atoms with Gasteiger partial charge in [-0.1, -0.05) is 0 Å². The zero-order valence-electron chi connectivity index (χ0n) is 9.31. The van der Waals surface area contributed by atoms with Crippen molar-refractivity contribution in [3.63, 3.8) is 0 Å². The number of ether oxygens (including phenoxy) is 1. The third kappa shape index (κ3) is 3.14. The summed E-state index contributed by atoms with van der Waals surface area (Å²) in [5, 5.41) is 3.13. The summed E-state index contributed by atoms with van der Waals surface area (Å²) in [4.78, 5) is 0. The minimum atomic E-state index is -3.32. The van der Waals surface area contributed by atoms with Crippen LogP contribution in [-0.2, 0) is 14.9 Å². The molecule has 16 heavy (non-hydrogen) atoms. The maximum Gasteiger partial charge on any atom is 0.279 e. The normalized spacial score (nSPS) is 29.1. The van der Waals surface area contributed by atoms with Crippen molar-refractivity contribution >= 4 is 10.2 Å². The Hall–Kier alpha value is -0.210. The number of nitrogens with one attached hydrogen (secondary N) is 2. The van der Waals surface area contributed by atoms with Crippen LogP contribution in [0, 0.1) is 0 Å². The predicted octanol–water partition coefficient (Wildman–Crippen LogP) is -1.09. The molecule has 0 spiro atoms. The lowest BCUT2D eigenvalue weighted by molar-refractivity contribution is 0.0767. The Bertz CT molecular complexity index is 308. The van der Waals surface area contributed by atoms with E-state index in [1.807, 2.05) is 0 Å². The second-order valence-electron chi connectivity index (χ2n) is 4.19. The number of hydrogen-bond acceptors (Lipinski definition) is 4. The van der Waals surface area contributed by atoms with Gasteiger partial charge in [0.25, 0.3) is 10.2 Å². The molecule has 2 saturated heterocycles. The molecule has 94 valence electrons. The number of nitrogens with zero attached hydrogens (tertiary/aromatic N) is 1. The molecule has 2 aliphatic heterocycles. The average Bonchev–Trinajstić information content (AvgIpc) is 2.31. The highest BCUT2D eigenvalue weighted by atomic mass is 32.2. The van der Waals surface area contributed by atoms with Crippen LogP contribution in [0.3, 0.4) is 0 Å². The minimum absolute atomic E-state index is 0.0614. The highest BCUT2D eigenvalue weighted by molar-refractivity contribution is 7.87. The molecular formula is C9H19N3O3S. The van der Waals surface area contributed by atoms with Gasteiger partial charge in [0.1, 0.15) is 0 Å². The molecule has 0 aromatic heterocycles. The first-order chi connectivity index (χ1) is 7.68. The molecule has 0 radical (unpaired) electrons. The number of hydrogen-bond donors (Lipinski definition) is 2. The van der Waals surface area contributed by atoms with Crippen LogP contribution >= 0.6 is 0 Å². The smallest absolute Gasteiger partial charge is 0.279 e. The highest BCUT2D eigenvalue weighted by Gasteiger charge is 2.27. The molecule has 6 nitrogen and oxygen atoms in total. The predicted molar refractivity (Wildman–Crippen MR) is 60.3 cm³/mol. The Balaban J connectivity index is 1.90. The Labute approximate surface area is 96.5 Å². The van der Waals surface area contributed by atoms with Crippen LogP contribution in [0.1, 0.15) is 12.8 Å². The summed E-state index contributed by atoms with van der Waals surface area (Å²) in [5.41, 5.74) is 0. The lowest BCUT2D eigenvalue weighted by Gasteiger charge is -2.30. The summed E-state index contributed by atoms with van der Waals surface area (Å²) in [7, 11) is -3.32. The van der Waals surface area contributed by atoms with E-state index in [1.165, 1.54) is 4.31 Å². The van der Waals surface area contributed by atoms with Gasteiger partial charge in [-0.2, -0.15) is 17.4 Å². The van der Waals surface area contributed by atoms with E-state index in [4.69, 9.17) is 4.74 Å². The monoisotopic (exact) mass is 249 g/mol. The summed E-state index contributed by atoms with van der Waals surface area (Å²) >= 11 is 0. The molecule has 1 unspecified atom stereocenters.